The summed E-state index contributed by atoms with van der Waals surface area (Å²) in [4.78, 5) is 13.6. The molecule has 2 aromatic carbocycles. The van der Waals surface area contributed by atoms with Gasteiger partial charge in [0.05, 0.1) is 25.5 Å². The number of hydrogen-bond donors (Lipinski definition) is 2. The number of nitrogens with one attached hydrogen (secondary N) is 1. The molecule has 2 aliphatic rings. The number of ketones is 1. The number of Topliss-reactive ketones (excluding diaryl/α,β-unsaturated/α-hetero) is 1. The molecule has 0 fully saturated rings. The molecule has 2 N–H and O–H groups in total. The van der Waals surface area contributed by atoms with Crippen LogP contribution in [0, 0.1) is 6.92 Å². The van der Waals surface area contributed by atoms with Gasteiger partial charge in [0.15, 0.2) is 17.3 Å². The van der Waals surface area contributed by atoms with Crippen LogP contribution in [-0.2, 0) is 4.79 Å². The number of nitrogens with zero attached hydrogens (tertiary/aromatic N) is 1. The van der Waals surface area contributed by atoms with Crippen molar-refractivity contribution in [2.45, 2.75) is 31.6 Å². The molecule has 0 saturated heterocycles. The summed E-state index contributed by atoms with van der Waals surface area (Å²) in [5.41, 5.74) is 5.14. The van der Waals surface area contributed by atoms with Gasteiger partial charge in [0.2, 0.25) is 5.88 Å². The molecule has 0 saturated carbocycles. The predicted octanol–water partition coefficient (Wildman–Crippen LogP) is 4.66. The highest BCUT2D eigenvalue weighted by molar-refractivity contribution is 6.01. The largest absolute Gasteiger partial charge is 0.504 e. The third-order valence-corrected chi connectivity index (χ3v) is 6.36. The maximum absolute atomic E-state index is 13.6. The van der Waals surface area contributed by atoms with E-state index in [9.17, 15) is 9.90 Å². The fourth-order valence-electron chi connectivity index (χ4n) is 4.81. The van der Waals surface area contributed by atoms with Crippen molar-refractivity contribution in [3.05, 3.63) is 76.1 Å². The third kappa shape index (κ3) is 3.21. The zero-order valence-corrected chi connectivity index (χ0v) is 18.1. The highest BCUT2D eigenvalue weighted by atomic mass is 16.5. The van der Waals surface area contributed by atoms with E-state index in [-0.39, 0.29) is 23.4 Å². The molecule has 1 aliphatic carbocycles. The lowest BCUT2D eigenvalue weighted by Crippen LogP contribution is -2.29. The van der Waals surface area contributed by atoms with Gasteiger partial charge in [-0.25, -0.2) is 0 Å². The predicted molar refractivity (Wildman–Crippen MR) is 118 cm³/mol. The first-order chi connectivity index (χ1) is 15.5. The minimum atomic E-state index is -0.273. The zero-order valence-electron chi connectivity index (χ0n) is 18.1. The lowest BCUT2D eigenvalue weighted by Gasteiger charge is -2.34. The molecule has 7 heteroatoms. The zero-order chi connectivity index (χ0) is 22.4. The molecule has 164 valence electrons. The summed E-state index contributed by atoms with van der Waals surface area (Å²) < 4.78 is 16.3. The second-order valence-corrected chi connectivity index (χ2v) is 8.20. The summed E-state index contributed by atoms with van der Waals surface area (Å²) in [5.74, 6) is 1.55. The van der Waals surface area contributed by atoms with Crippen molar-refractivity contribution in [2.75, 3.05) is 19.5 Å². The molecular weight excluding hydrogens is 408 g/mol. The topological polar surface area (TPSA) is 93.8 Å². The van der Waals surface area contributed by atoms with Crippen LogP contribution in [0.25, 0.3) is 0 Å². The fraction of sp³-hybridized carbons (Fsp3) is 0.280. The minimum Gasteiger partial charge on any atom is -0.504 e. The number of aromatic hydroxyl groups is 1. The SMILES string of the molecule is COc1cccc([C@@H]2C3=C(C[C@@H](c4ccc(O)c(OC)c4)CC3=O)Nc3onc(C)c32)c1. The van der Waals surface area contributed by atoms with Crippen LogP contribution in [0.3, 0.4) is 0 Å². The van der Waals surface area contributed by atoms with E-state index in [0.717, 1.165) is 39.4 Å². The van der Waals surface area contributed by atoms with Crippen LogP contribution in [0.1, 0.15) is 47.1 Å². The van der Waals surface area contributed by atoms with Crippen molar-refractivity contribution in [1.29, 1.82) is 0 Å². The van der Waals surface area contributed by atoms with Crippen molar-refractivity contribution in [2.24, 2.45) is 0 Å². The maximum Gasteiger partial charge on any atom is 0.233 e. The Balaban J connectivity index is 1.60. The monoisotopic (exact) mass is 432 g/mol. The van der Waals surface area contributed by atoms with E-state index in [1.165, 1.54) is 7.11 Å². The van der Waals surface area contributed by atoms with Gasteiger partial charge in [-0.1, -0.05) is 23.4 Å². The quantitative estimate of drug-likeness (QED) is 0.619. The Morgan fingerprint density at radius 2 is 1.94 bits per heavy atom. The van der Waals surface area contributed by atoms with Crippen LogP contribution in [0.2, 0.25) is 0 Å². The Kier molecular flexibility index (Phi) is 4.89. The van der Waals surface area contributed by atoms with Gasteiger partial charge in [-0.15, -0.1) is 0 Å². The Bertz CT molecular complexity index is 1240. The number of rotatable bonds is 4. The van der Waals surface area contributed by atoms with Crippen molar-refractivity contribution in [3.63, 3.8) is 0 Å². The average Bonchev–Trinajstić information content (AvgIpc) is 3.18. The molecule has 0 amide bonds. The lowest BCUT2D eigenvalue weighted by molar-refractivity contribution is -0.116. The van der Waals surface area contributed by atoms with Gasteiger partial charge in [0.25, 0.3) is 0 Å². The summed E-state index contributed by atoms with van der Waals surface area (Å²) in [7, 11) is 3.14. The van der Waals surface area contributed by atoms with Gasteiger partial charge in [-0.05, 0) is 54.7 Å². The molecule has 0 bridgehead atoms. The number of benzene rings is 2. The molecule has 1 aromatic heterocycles. The van der Waals surface area contributed by atoms with Gasteiger partial charge in [0, 0.05) is 23.6 Å². The summed E-state index contributed by atoms with van der Waals surface area (Å²) in [6, 6.07) is 13.0. The minimum absolute atomic E-state index is 0.0419. The average molecular weight is 432 g/mol. The van der Waals surface area contributed by atoms with Gasteiger partial charge in [-0.3, -0.25) is 4.79 Å². The molecule has 5 rings (SSSR count). The van der Waals surface area contributed by atoms with E-state index in [2.05, 4.69) is 10.5 Å². The summed E-state index contributed by atoms with van der Waals surface area (Å²) in [6.45, 7) is 1.89. The Labute approximate surface area is 185 Å². The van der Waals surface area contributed by atoms with Gasteiger partial charge >= 0.3 is 0 Å². The summed E-state index contributed by atoms with van der Waals surface area (Å²) in [5, 5.41) is 17.4. The lowest BCUT2D eigenvalue weighted by atomic mass is 9.72. The van der Waals surface area contributed by atoms with Crippen LogP contribution >= 0.6 is 0 Å². The normalized spacial score (nSPS) is 19.8. The Morgan fingerprint density at radius 1 is 1.09 bits per heavy atom. The number of aryl methyl sites for hydroxylation is 1. The summed E-state index contributed by atoms with van der Waals surface area (Å²) in [6.07, 6.45) is 1.00. The first-order valence-corrected chi connectivity index (χ1v) is 10.5. The molecule has 32 heavy (non-hydrogen) atoms. The summed E-state index contributed by atoms with van der Waals surface area (Å²) >= 11 is 0. The maximum atomic E-state index is 13.6. The van der Waals surface area contributed by atoms with E-state index in [0.29, 0.717) is 24.5 Å². The van der Waals surface area contributed by atoms with Crippen molar-refractivity contribution < 1.29 is 23.9 Å². The third-order valence-electron chi connectivity index (χ3n) is 6.36. The molecule has 0 spiro atoms. The Hall–Kier alpha value is -3.74. The molecule has 0 radical (unpaired) electrons. The smallest absolute Gasteiger partial charge is 0.233 e. The number of phenolic OH excluding ortho intramolecular Hbond substituents is 1. The number of ether oxygens (including phenoxy) is 2. The molecule has 1 aliphatic heterocycles. The molecule has 0 unspecified atom stereocenters. The highest BCUT2D eigenvalue weighted by Crippen LogP contribution is 2.49. The van der Waals surface area contributed by atoms with Gasteiger partial charge in [-0.2, -0.15) is 0 Å². The molecule has 7 nitrogen and oxygen atoms in total. The number of allylic oxidation sites excluding steroid dienone is 2. The van der Waals surface area contributed by atoms with E-state index in [1.807, 2.05) is 37.3 Å². The van der Waals surface area contributed by atoms with Crippen LogP contribution in [0.4, 0.5) is 5.88 Å². The first-order valence-electron chi connectivity index (χ1n) is 10.5. The van der Waals surface area contributed by atoms with Crippen molar-refractivity contribution >= 4 is 11.7 Å². The fourth-order valence-corrected chi connectivity index (χ4v) is 4.81. The Morgan fingerprint density at radius 3 is 2.72 bits per heavy atom. The number of phenols is 1. The number of methoxy groups -OCH3 is 2. The number of carbonyl (C=O) groups is 1. The second kappa shape index (κ2) is 7.75. The number of carbonyl (C=O) groups excluding carboxylic acids is 1. The van der Waals surface area contributed by atoms with E-state index < -0.39 is 0 Å². The first kappa shape index (κ1) is 20.2. The standard InChI is InChI=1S/C25H24N2O5/c1-13-22-23(15-5-4-6-17(9-15)30-2)24-18(26-25(22)32-27-13)10-16(11-20(24)29)14-7-8-19(28)21(12-14)31-3/h4-9,12,16,23,26,28H,10-11H2,1-3H3/t16-,23+/m1/s1. The van der Waals surface area contributed by atoms with Gasteiger partial charge in [0.1, 0.15) is 5.75 Å². The van der Waals surface area contributed by atoms with Crippen molar-refractivity contribution in [1.82, 2.24) is 5.16 Å². The number of fused-ring (bicyclic) bond motifs is 1. The molecular formula is C25H24N2O5. The second-order valence-electron chi connectivity index (χ2n) is 8.20. The highest BCUT2D eigenvalue weighted by Gasteiger charge is 2.41. The molecule has 3 aromatic rings. The van der Waals surface area contributed by atoms with Crippen molar-refractivity contribution in [3.8, 4) is 17.2 Å². The van der Waals surface area contributed by atoms with Crippen LogP contribution in [-0.4, -0.2) is 30.3 Å². The molecule has 2 heterocycles. The number of anilines is 1. The van der Waals surface area contributed by atoms with Gasteiger partial charge < -0.3 is 24.4 Å². The van der Waals surface area contributed by atoms with E-state index >= 15 is 0 Å². The van der Waals surface area contributed by atoms with Crippen LogP contribution < -0.4 is 14.8 Å². The van der Waals surface area contributed by atoms with Crippen LogP contribution in [0.5, 0.6) is 17.2 Å². The van der Waals surface area contributed by atoms with Crippen LogP contribution in [0.15, 0.2) is 58.3 Å². The van der Waals surface area contributed by atoms with E-state index in [1.54, 1.807) is 19.2 Å². The number of aromatic nitrogens is 1. The number of hydrogen-bond acceptors (Lipinski definition) is 7. The van der Waals surface area contributed by atoms with E-state index in [4.69, 9.17) is 14.0 Å². The molecule has 2 atom stereocenters.